The number of nitrogens with one attached hydrogen (secondary N) is 1. The molecule has 4 heterocycles. The molecule has 2 N–H and O–H groups in total. The summed E-state index contributed by atoms with van der Waals surface area (Å²) in [4.78, 5) is 18.5. The molecule has 1 unspecified atom stereocenters. The molecule has 2 fully saturated rings. The lowest BCUT2D eigenvalue weighted by Crippen LogP contribution is -2.42. The number of carboxylic acid groups (broad SMARTS) is 1. The van der Waals surface area contributed by atoms with E-state index in [0.717, 1.165) is 74.1 Å². The molecular formula is C34H43Br2ClN4O6S3. The number of aryl methyl sites for hydroxylation is 1. The second-order valence-electron chi connectivity index (χ2n) is 13.3. The lowest BCUT2D eigenvalue weighted by Gasteiger charge is -2.33. The van der Waals surface area contributed by atoms with Crippen molar-refractivity contribution in [1.82, 2.24) is 14.0 Å². The normalized spacial score (nSPS) is 17.6. The average Bonchev–Trinajstić information content (AvgIpc) is 3.44. The third-order valence-corrected chi connectivity index (χ3v) is 16.5. The summed E-state index contributed by atoms with van der Waals surface area (Å²) in [5.41, 5.74) is 1.76. The number of aliphatic carboxylic acids is 1. The molecule has 0 spiro atoms. The van der Waals surface area contributed by atoms with E-state index in [4.69, 9.17) is 11.6 Å². The van der Waals surface area contributed by atoms with Crippen LogP contribution in [0, 0.1) is 18.8 Å². The number of rotatable bonds is 15. The second kappa shape index (κ2) is 17.5. The zero-order chi connectivity index (χ0) is 36.1. The van der Waals surface area contributed by atoms with Gasteiger partial charge in [-0.2, -0.15) is 9.03 Å². The third-order valence-electron chi connectivity index (χ3n) is 9.69. The van der Waals surface area contributed by atoms with Crippen LogP contribution in [0.3, 0.4) is 0 Å². The Labute approximate surface area is 321 Å². The number of anilines is 1. The van der Waals surface area contributed by atoms with E-state index in [1.165, 1.54) is 31.5 Å². The fraction of sp³-hybridized carbons (Fsp3) is 0.529. The molecule has 1 atom stereocenters. The second-order valence-corrected chi connectivity index (χ2v) is 20.5. The molecular weight excluding hydrogens is 852 g/mol. The number of pyridine rings is 1. The lowest BCUT2D eigenvalue weighted by atomic mass is 9.89. The van der Waals surface area contributed by atoms with Gasteiger partial charge in [0.15, 0.2) is 0 Å². The van der Waals surface area contributed by atoms with Crippen molar-refractivity contribution in [1.29, 1.82) is 0 Å². The molecule has 1 aromatic carbocycles. The molecule has 2 saturated heterocycles. The summed E-state index contributed by atoms with van der Waals surface area (Å²) < 4.78 is 58.1. The quantitative estimate of drug-likeness (QED) is 0.147. The van der Waals surface area contributed by atoms with Crippen LogP contribution in [-0.2, 0) is 31.3 Å². The van der Waals surface area contributed by atoms with Gasteiger partial charge in [-0.25, -0.2) is 21.8 Å². The molecule has 5 rings (SSSR count). The lowest BCUT2D eigenvalue weighted by molar-refractivity contribution is -0.138. The number of piperidine rings is 2. The summed E-state index contributed by atoms with van der Waals surface area (Å²) in [5.74, 6) is 0.628. The van der Waals surface area contributed by atoms with E-state index in [2.05, 4.69) is 46.5 Å². The van der Waals surface area contributed by atoms with Crippen LogP contribution in [0.2, 0.25) is 4.34 Å². The molecule has 2 aromatic heterocycles. The Bertz CT molecular complexity index is 1820. The summed E-state index contributed by atoms with van der Waals surface area (Å²) in [6.07, 6.45) is 11.0. The minimum absolute atomic E-state index is 0.0238. The zero-order valence-corrected chi connectivity index (χ0v) is 34.2. The number of halogens is 3. The number of sulfonamides is 2. The van der Waals surface area contributed by atoms with E-state index in [0.29, 0.717) is 48.2 Å². The Morgan fingerprint density at radius 3 is 2.10 bits per heavy atom. The van der Waals surface area contributed by atoms with E-state index in [9.17, 15) is 26.7 Å². The molecule has 0 radical (unpaired) electrons. The summed E-state index contributed by atoms with van der Waals surface area (Å²) >= 11 is 14.0. The number of hydrogen-bond donors (Lipinski definition) is 2. The number of benzene rings is 1. The molecule has 2 aliphatic heterocycles. The van der Waals surface area contributed by atoms with Gasteiger partial charge in [-0.15, -0.1) is 11.3 Å². The van der Waals surface area contributed by atoms with Crippen LogP contribution >= 0.6 is 54.8 Å². The number of aromatic nitrogens is 1. The first-order chi connectivity index (χ1) is 23.7. The van der Waals surface area contributed by atoms with Crippen molar-refractivity contribution in [3.05, 3.63) is 67.0 Å². The van der Waals surface area contributed by atoms with Gasteiger partial charge < -0.3 is 10.0 Å². The van der Waals surface area contributed by atoms with E-state index >= 15 is 0 Å². The Balaban J connectivity index is 1.01. The largest absolute Gasteiger partial charge is 0.480 e. The fourth-order valence-corrected chi connectivity index (χ4v) is 12.5. The predicted molar refractivity (Wildman–Crippen MR) is 205 cm³/mol. The van der Waals surface area contributed by atoms with E-state index in [1.54, 1.807) is 22.5 Å². The van der Waals surface area contributed by atoms with Crippen molar-refractivity contribution in [2.24, 2.45) is 11.8 Å². The van der Waals surface area contributed by atoms with Crippen LogP contribution in [0.25, 0.3) is 0 Å². The number of thiophene rings is 1. The molecule has 0 saturated carbocycles. The standard InChI is InChI=1S/C34H43Br2ClN4O6S3/c1-23-7-9-26(10-8-23)19-30(34(42)43)39-49(44,45)27-20-29(36)33(38-22-27)40-15-11-24(12-16-40)5-3-2-4-6-25-13-17-41(18-14-25)50(46,47)31-21-28(35)32(37)48-31/h7-10,20-22,24-25,30,39H,2-6,11-19H2,1H3,(H,42,43). The number of hydrogen-bond acceptors (Lipinski definition) is 8. The van der Waals surface area contributed by atoms with Crippen molar-refractivity contribution in [2.75, 3.05) is 31.1 Å². The molecule has 50 heavy (non-hydrogen) atoms. The highest BCUT2D eigenvalue weighted by Gasteiger charge is 2.31. The highest BCUT2D eigenvalue weighted by atomic mass is 79.9. The van der Waals surface area contributed by atoms with Gasteiger partial charge in [0.2, 0.25) is 10.0 Å². The van der Waals surface area contributed by atoms with E-state index in [-0.39, 0.29) is 11.3 Å². The highest BCUT2D eigenvalue weighted by Crippen LogP contribution is 2.37. The van der Waals surface area contributed by atoms with Crippen LogP contribution in [0.4, 0.5) is 5.82 Å². The summed E-state index contributed by atoms with van der Waals surface area (Å²) in [7, 11) is -7.62. The zero-order valence-electron chi connectivity index (χ0n) is 27.9. The first-order valence-electron chi connectivity index (χ1n) is 16.9. The predicted octanol–water partition coefficient (Wildman–Crippen LogP) is 7.87. The van der Waals surface area contributed by atoms with Crippen LogP contribution in [0.5, 0.6) is 0 Å². The molecule has 0 amide bonds. The summed E-state index contributed by atoms with van der Waals surface area (Å²) in [6.45, 7) is 4.69. The van der Waals surface area contributed by atoms with Gasteiger partial charge in [0.25, 0.3) is 10.0 Å². The van der Waals surface area contributed by atoms with Crippen LogP contribution in [0.15, 0.2) is 60.6 Å². The van der Waals surface area contributed by atoms with E-state index in [1.807, 2.05) is 19.1 Å². The van der Waals surface area contributed by atoms with Crippen LogP contribution < -0.4 is 9.62 Å². The fourth-order valence-electron chi connectivity index (χ4n) is 6.68. The maximum Gasteiger partial charge on any atom is 0.322 e. The minimum atomic E-state index is -4.13. The van der Waals surface area contributed by atoms with Crippen molar-refractivity contribution in [3.63, 3.8) is 0 Å². The van der Waals surface area contributed by atoms with Crippen LogP contribution in [0.1, 0.15) is 68.9 Å². The molecule has 3 aromatic rings. The number of carbonyl (C=O) groups is 1. The molecule has 0 bridgehead atoms. The molecule has 0 aliphatic carbocycles. The van der Waals surface area contributed by atoms with E-state index < -0.39 is 32.1 Å². The smallest absolute Gasteiger partial charge is 0.322 e. The molecule has 2 aliphatic rings. The first kappa shape index (κ1) is 39.6. The van der Waals surface area contributed by atoms with Crippen molar-refractivity contribution in [2.45, 2.75) is 86.3 Å². The van der Waals surface area contributed by atoms with Gasteiger partial charge in [-0.3, -0.25) is 4.79 Å². The SMILES string of the molecule is Cc1ccc(CC(NS(=O)(=O)c2cnc(N3CCC(CCCCCC4CCN(S(=O)(=O)c5cc(Br)c(Cl)s5)CC4)CC3)c(Br)c2)C(=O)O)cc1. The van der Waals surface area contributed by atoms with Gasteiger partial charge in [0.1, 0.15) is 25.3 Å². The maximum atomic E-state index is 13.1. The summed E-state index contributed by atoms with van der Waals surface area (Å²) in [6, 6.07) is 9.09. The Hall–Kier alpha value is -1.59. The minimum Gasteiger partial charge on any atom is -0.480 e. The maximum absolute atomic E-state index is 13.1. The van der Waals surface area contributed by atoms with Crippen molar-refractivity contribution in [3.8, 4) is 0 Å². The topological polar surface area (TPSA) is 137 Å². The Morgan fingerprint density at radius 1 is 0.960 bits per heavy atom. The molecule has 16 heteroatoms. The molecule has 274 valence electrons. The number of nitrogens with zero attached hydrogens (tertiary/aromatic N) is 3. The monoisotopic (exact) mass is 892 g/mol. The van der Waals surface area contributed by atoms with Crippen LogP contribution in [-0.4, -0.2) is 69.4 Å². The van der Waals surface area contributed by atoms with Gasteiger partial charge in [0.05, 0.1) is 4.47 Å². The number of carboxylic acids is 1. The van der Waals surface area contributed by atoms with Crippen molar-refractivity contribution >= 4 is 86.6 Å². The Kier molecular flexibility index (Phi) is 13.9. The van der Waals surface area contributed by atoms with Gasteiger partial charge in [0, 0.05) is 36.8 Å². The van der Waals surface area contributed by atoms with Crippen molar-refractivity contribution < 1.29 is 26.7 Å². The third kappa shape index (κ3) is 10.3. The number of unbranched alkanes of at least 4 members (excludes halogenated alkanes) is 2. The van der Waals surface area contributed by atoms with Gasteiger partial charge in [-0.05, 0) is 100 Å². The Morgan fingerprint density at radius 2 is 1.56 bits per heavy atom. The average molecular weight is 895 g/mol. The summed E-state index contributed by atoms with van der Waals surface area (Å²) in [5, 5.41) is 9.71. The first-order valence-corrected chi connectivity index (χ1v) is 22.6. The van der Waals surface area contributed by atoms with Gasteiger partial charge in [-0.1, -0.05) is 73.5 Å². The van der Waals surface area contributed by atoms with Gasteiger partial charge >= 0.3 is 5.97 Å². The highest BCUT2D eigenvalue weighted by molar-refractivity contribution is 9.11. The molecule has 10 nitrogen and oxygen atoms in total.